The molecule has 9 heteroatoms. The number of benzene rings is 3. The van der Waals surface area contributed by atoms with Gasteiger partial charge in [-0.1, -0.05) is 60.7 Å². The first-order valence-corrected chi connectivity index (χ1v) is 13.0. The van der Waals surface area contributed by atoms with E-state index in [-0.39, 0.29) is 29.0 Å². The molecule has 1 aliphatic heterocycles. The van der Waals surface area contributed by atoms with Gasteiger partial charge in [0.1, 0.15) is 29.7 Å². The summed E-state index contributed by atoms with van der Waals surface area (Å²) >= 11 is 0. The van der Waals surface area contributed by atoms with Crippen molar-refractivity contribution in [2.24, 2.45) is 0 Å². The number of epoxide rings is 1. The minimum absolute atomic E-state index is 0.0398. The summed E-state index contributed by atoms with van der Waals surface area (Å²) in [5, 5.41) is 0. The third-order valence-electron chi connectivity index (χ3n) is 5.12. The van der Waals surface area contributed by atoms with Gasteiger partial charge < -0.3 is 18.9 Å². The first-order valence-electron chi connectivity index (χ1n) is 11.5. The van der Waals surface area contributed by atoms with E-state index in [1.54, 1.807) is 57.2 Å². The average Bonchev–Trinajstić information content (AvgIpc) is 3.60. The van der Waals surface area contributed by atoms with E-state index in [0.29, 0.717) is 10.9 Å². The molecule has 8 nitrogen and oxygen atoms in total. The van der Waals surface area contributed by atoms with Gasteiger partial charge >= 0.3 is 6.09 Å². The summed E-state index contributed by atoms with van der Waals surface area (Å²) in [7, 11) is -4.30. The largest absolute Gasteiger partial charge is 0.488 e. The van der Waals surface area contributed by atoms with Crippen molar-refractivity contribution in [1.29, 1.82) is 0 Å². The van der Waals surface area contributed by atoms with Crippen LogP contribution in [0.25, 0.3) is 0 Å². The van der Waals surface area contributed by atoms with Crippen molar-refractivity contribution in [3.05, 3.63) is 90.5 Å². The third kappa shape index (κ3) is 6.42. The minimum Gasteiger partial charge on any atom is -0.488 e. The molecule has 0 radical (unpaired) electrons. The Morgan fingerprint density at radius 2 is 1.53 bits per heavy atom. The zero-order valence-corrected chi connectivity index (χ0v) is 21.2. The highest BCUT2D eigenvalue weighted by atomic mass is 32.2. The SMILES string of the molecule is CC(C)(C)OC(=O)N(c1ccccc1OC[C@@H]1OC1OCc1ccccc1)S(=O)(=O)c1ccccc1. The fourth-order valence-electron chi connectivity index (χ4n) is 3.39. The van der Waals surface area contributed by atoms with E-state index in [2.05, 4.69) is 0 Å². The molecule has 0 bridgehead atoms. The number of rotatable bonds is 9. The standard InChI is InChI=1S/C27H29NO7S/c1-27(2,3)35-26(29)28(36(30,31)21-14-8-5-9-15-21)22-16-10-11-17-23(22)32-19-24-25(34-24)33-18-20-12-6-4-7-13-20/h4-17,24-25H,18-19H2,1-3H3/t24-,25?/m0/s1. The molecule has 0 N–H and O–H groups in total. The smallest absolute Gasteiger partial charge is 0.429 e. The Kier molecular flexibility index (Phi) is 7.63. The number of ether oxygens (including phenoxy) is 4. The Morgan fingerprint density at radius 1 is 0.917 bits per heavy atom. The zero-order valence-electron chi connectivity index (χ0n) is 20.4. The average molecular weight is 512 g/mol. The normalized spacial score (nSPS) is 17.3. The lowest BCUT2D eigenvalue weighted by Crippen LogP contribution is -2.41. The van der Waals surface area contributed by atoms with Gasteiger partial charge in [-0.3, -0.25) is 0 Å². The summed E-state index contributed by atoms with van der Waals surface area (Å²) in [5.74, 6) is 0.195. The number of anilines is 1. The molecular formula is C27H29NO7S. The van der Waals surface area contributed by atoms with E-state index in [1.807, 2.05) is 30.3 Å². The van der Waals surface area contributed by atoms with Gasteiger partial charge in [0.15, 0.2) is 6.29 Å². The highest BCUT2D eigenvalue weighted by Crippen LogP contribution is 2.35. The summed E-state index contributed by atoms with van der Waals surface area (Å²) in [5.41, 5.74) is 0.151. The number of hydrogen-bond donors (Lipinski definition) is 0. The fourth-order valence-corrected chi connectivity index (χ4v) is 4.75. The number of nitrogens with zero attached hydrogens (tertiary/aromatic N) is 1. The Labute approximate surface area is 211 Å². The first kappa shape index (κ1) is 25.7. The molecule has 190 valence electrons. The molecule has 1 aliphatic rings. The quantitative estimate of drug-likeness (QED) is 0.367. The number of carbonyl (C=O) groups is 1. The zero-order chi connectivity index (χ0) is 25.8. The van der Waals surface area contributed by atoms with Gasteiger partial charge in [0.05, 0.1) is 11.5 Å². The molecule has 1 unspecified atom stereocenters. The monoisotopic (exact) mass is 511 g/mol. The summed E-state index contributed by atoms with van der Waals surface area (Å²) in [6, 6.07) is 23.8. The van der Waals surface area contributed by atoms with E-state index in [0.717, 1.165) is 5.56 Å². The van der Waals surface area contributed by atoms with Crippen LogP contribution in [0.15, 0.2) is 89.8 Å². The maximum atomic E-state index is 13.6. The molecule has 3 aromatic carbocycles. The summed E-state index contributed by atoms with van der Waals surface area (Å²) in [6.45, 7) is 5.52. The number of carbonyl (C=O) groups excluding carboxylic acids is 1. The van der Waals surface area contributed by atoms with Gasteiger partial charge in [-0.05, 0) is 50.6 Å². The molecule has 0 aromatic heterocycles. The summed E-state index contributed by atoms with van der Waals surface area (Å²) < 4.78 is 50.4. The highest BCUT2D eigenvalue weighted by molar-refractivity contribution is 7.93. The second-order valence-corrected chi connectivity index (χ2v) is 11.0. The first-order chi connectivity index (χ1) is 17.1. The second kappa shape index (κ2) is 10.7. The van der Waals surface area contributed by atoms with Crippen LogP contribution in [0.3, 0.4) is 0 Å². The van der Waals surface area contributed by atoms with Crippen LogP contribution in [0.1, 0.15) is 26.3 Å². The van der Waals surface area contributed by atoms with Crippen molar-refractivity contribution in [2.75, 3.05) is 10.9 Å². The Balaban J connectivity index is 1.52. The van der Waals surface area contributed by atoms with Crippen molar-refractivity contribution in [3.63, 3.8) is 0 Å². The highest BCUT2D eigenvalue weighted by Gasteiger charge is 2.42. The van der Waals surface area contributed by atoms with Crippen LogP contribution in [0, 0.1) is 0 Å². The predicted molar refractivity (Wildman–Crippen MR) is 134 cm³/mol. The van der Waals surface area contributed by atoms with Gasteiger partial charge in [-0.15, -0.1) is 0 Å². The Morgan fingerprint density at radius 3 is 2.19 bits per heavy atom. The molecule has 36 heavy (non-hydrogen) atoms. The van der Waals surface area contributed by atoms with Gasteiger partial charge in [-0.25, -0.2) is 13.2 Å². The van der Waals surface area contributed by atoms with Gasteiger partial charge in [0.2, 0.25) is 0 Å². The maximum Gasteiger partial charge on any atom is 0.429 e. The summed E-state index contributed by atoms with van der Waals surface area (Å²) in [6.07, 6.45) is -1.77. The number of para-hydroxylation sites is 2. The number of sulfonamides is 1. The fraction of sp³-hybridized carbons (Fsp3) is 0.296. The van der Waals surface area contributed by atoms with E-state index in [4.69, 9.17) is 18.9 Å². The van der Waals surface area contributed by atoms with Crippen LogP contribution in [0.4, 0.5) is 10.5 Å². The van der Waals surface area contributed by atoms with Crippen molar-refractivity contribution >= 4 is 21.8 Å². The second-order valence-electron chi connectivity index (χ2n) is 9.18. The van der Waals surface area contributed by atoms with Crippen LogP contribution in [0.2, 0.25) is 0 Å². The van der Waals surface area contributed by atoms with Crippen molar-refractivity contribution < 1.29 is 32.2 Å². The lowest BCUT2D eigenvalue weighted by molar-refractivity contribution is 0.0384. The topological polar surface area (TPSA) is 94.7 Å². The Hall–Kier alpha value is -3.40. The number of hydrogen-bond acceptors (Lipinski definition) is 7. The molecule has 0 spiro atoms. The van der Waals surface area contributed by atoms with Crippen LogP contribution >= 0.6 is 0 Å². The molecule has 1 heterocycles. The summed E-state index contributed by atoms with van der Waals surface area (Å²) in [4.78, 5) is 13.1. The molecule has 3 aromatic rings. The van der Waals surface area contributed by atoms with Crippen LogP contribution in [-0.2, 0) is 30.8 Å². The molecule has 0 saturated carbocycles. The Bertz CT molecular complexity index is 1270. The van der Waals surface area contributed by atoms with Crippen molar-refractivity contribution in [3.8, 4) is 5.75 Å². The molecule has 1 fully saturated rings. The molecular weight excluding hydrogens is 482 g/mol. The van der Waals surface area contributed by atoms with Gasteiger partial charge in [0.25, 0.3) is 10.0 Å². The molecule has 1 saturated heterocycles. The third-order valence-corrected chi connectivity index (χ3v) is 6.82. The predicted octanol–water partition coefficient (Wildman–Crippen LogP) is 5.14. The minimum atomic E-state index is -4.30. The van der Waals surface area contributed by atoms with Crippen LogP contribution < -0.4 is 9.04 Å². The van der Waals surface area contributed by atoms with Crippen LogP contribution in [0.5, 0.6) is 5.75 Å². The van der Waals surface area contributed by atoms with Crippen molar-refractivity contribution in [2.45, 2.75) is 50.3 Å². The number of amides is 1. The molecule has 0 aliphatic carbocycles. The van der Waals surface area contributed by atoms with Crippen LogP contribution in [-0.4, -0.2) is 39.1 Å². The lowest BCUT2D eigenvalue weighted by Gasteiger charge is -2.28. The van der Waals surface area contributed by atoms with Gasteiger partial charge in [-0.2, -0.15) is 4.31 Å². The van der Waals surface area contributed by atoms with E-state index < -0.39 is 28.0 Å². The lowest BCUT2D eigenvalue weighted by atomic mass is 10.2. The van der Waals surface area contributed by atoms with E-state index >= 15 is 0 Å². The van der Waals surface area contributed by atoms with E-state index in [9.17, 15) is 13.2 Å². The molecule has 2 atom stereocenters. The van der Waals surface area contributed by atoms with Gasteiger partial charge in [0, 0.05) is 0 Å². The van der Waals surface area contributed by atoms with E-state index in [1.165, 1.54) is 18.2 Å². The molecule has 4 rings (SSSR count). The van der Waals surface area contributed by atoms with Crippen molar-refractivity contribution in [1.82, 2.24) is 0 Å². The molecule has 1 amide bonds. The maximum absolute atomic E-state index is 13.6.